The lowest BCUT2D eigenvalue weighted by Crippen LogP contribution is -2.38. The number of nitrogens with zero attached hydrogens (tertiary/aromatic N) is 3. The lowest BCUT2D eigenvalue weighted by atomic mass is 10.2. The molecule has 0 amide bonds. The van der Waals surface area contributed by atoms with Crippen LogP contribution in [0.25, 0.3) is 0 Å². The van der Waals surface area contributed by atoms with E-state index in [-0.39, 0.29) is 36.5 Å². The van der Waals surface area contributed by atoms with E-state index in [9.17, 15) is 8.42 Å². The van der Waals surface area contributed by atoms with Crippen molar-refractivity contribution < 1.29 is 13.2 Å². The van der Waals surface area contributed by atoms with Crippen LogP contribution in [-0.2, 0) is 23.7 Å². The van der Waals surface area contributed by atoms with Crippen LogP contribution in [0.15, 0.2) is 35.5 Å². The Labute approximate surface area is 153 Å². The third-order valence-electron chi connectivity index (χ3n) is 4.04. The van der Waals surface area contributed by atoms with Gasteiger partial charge in [0.1, 0.15) is 18.7 Å². The van der Waals surface area contributed by atoms with Gasteiger partial charge in [0.15, 0.2) is 5.82 Å². The minimum absolute atomic E-state index is 0. The quantitative estimate of drug-likeness (QED) is 0.693. The molecule has 0 saturated heterocycles. The fourth-order valence-electron chi connectivity index (χ4n) is 2.29. The molecule has 1 atom stereocenters. The summed E-state index contributed by atoms with van der Waals surface area (Å²) in [4.78, 5) is 4.25. The second-order valence-corrected chi connectivity index (χ2v) is 7.68. The van der Waals surface area contributed by atoms with Crippen molar-refractivity contribution in [1.82, 2.24) is 19.5 Å². The molecule has 0 bridgehead atoms. The number of hydrogen-bond donors (Lipinski definition) is 2. The van der Waals surface area contributed by atoms with Crippen LogP contribution in [0.2, 0.25) is 0 Å². The molecule has 3 rings (SSSR count). The molecule has 1 heterocycles. The van der Waals surface area contributed by atoms with Gasteiger partial charge in [-0.25, -0.2) is 18.1 Å². The predicted molar refractivity (Wildman–Crippen MR) is 94.9 cm³/mol. The van der Waals surface area contributed by atoms with E-state index >= 15 is 0 Å². The first-order valence-corrected chi connectivity index (χ1v) is 9.25. The molecule has 1 aliphatic carbocycles. The van der Waals surface area contributed by atoms with Crippen LogP contribution >= 0.6 is 12.4 Å². The van der Waals surface area contributed by atoms with Gasteiger partial charge in [-0.15, -0.1) is 12.4 Å². The number of nitrogens with two attached hydrogens (primary N) is 1. The summed E-state index contributed by atoms with van der Waals surface area (Å²) in [6.45, 7) is 0.522. The summed E-state index contributed by atoms with van der Waals surface area (Å²) in [6, 6.07) is 6.14. The molecule has 8 nitrogen and oxygen atoms in total. The van der Waals surface area contributed by atoms with Crippen LogP contribution in [0.4, 0.5) is 0 Å². The molecule has 1 aromatic carbocycles. The van der Waals surface area contributed by atoms with Crippen LogP contribution in [0.3, 0.4) is 0 Å². The van der Waals surface area contributed by atoms with Crippen LogP contribution in [-0.4, -0.2) is 35.8 Å². The number of hydrogen-bond acceptors (Lipinski definition) is 6. The number of aromatic nitrogens is 3. The van der Waals surface area contributed by atoms with Gasteiger partial charge in [0.05, 0.1) is 4.90 Å². The summed E-state index contributed by atoms with van der Waals surface area (Å²) in [5.74, 6) is 1.69. The van der Waals surface area contributed by atoms with Gasteiger partial charge in [-0.3, -0.25) is 4.68 Å². The first-order valence-electron chi connectivity index (χ1n) is 7.77. The van der Waals surface area contributed by atoms with Crippen LogP contribution in [0.5, 0.6) is 5.75 Å². The molecule has 0 spiro atoms. The average Bonchev–Trinajstić information content (AvgIpc) is 3.34. The summed E-state index contributed by atoms with van der Waals surface area (Å²) in [5.41, 5.74) is 5.93. The second kappa shape index (κ2) is 8.13. The average molecular weight is 388 g/mol. The molecule has 0 aliphatic heterocycles. The first-order chi connectivity index (χ1) is 11.5. The minimum atomic E-state index is -3.55. The van der Waals surface area contributed by atoms with Gasteiger partial charge < -0.3 is 10.5 Å². The topological polar surface area (TPSA) is 112 Å². The SMILES string of the molecule is Cl.Cn1ncnc1COc1ccc(S(=O)(=O)NCC(N)C2CC2)cc1. The van der Waals surface area contributed by atoms with Gasteiger partial charge in [-0.2, -0.15) is 5.10 Å². The molecule has 1 aromatic heterocycles. The summed E-state index contributed by atoms with van der Waals surface area (Å²) >= 11 is 0. The van der Waals surface area contributed by atoms with E-state index in [0.717, 1.165) is 12.8 Å². The molecule has 1 saturated carbocycles. The smallest absolute Gasteiger partial charge is 0.240 e. The molecule has 1 unspecified atom stereocenters. The van der Waals surface area contributed by atoms with Gasteiger partial charge in [0.2, 0.25) is 10.0 Å². The maximum Gasteiger partial charge on any atom is 0.240 e. The number of halogens is 1. The van der Waals surface area contributed by atoms with Crippen molar-refractivity contribution in [3.63, 3.8) is 0 Å². The highest BCUT2D eigenvalue weighted by molar-refractivity contribution is 7.89. The van der Waals surface area contributed by atoms with Crippen molar-refractivity contribution in [1.29, 1.82) is 0 Å². The second-order valence-electron chi connectivity index (χ2n) is 5.91. The summed E-state index contributed by atoms with van der Waals surface area (Å²) < 4.78 is 34.3. The van der Waals surface area contributed by atoms with Crippen molar-refractivity contribution in [2.75, 3.05) is 6.54 Å². The molecule has 1 fully saturated rings. The van der Waals surface area contributed by atoms with Crippen LogP contribution in [0, 0.1) is 5.92 Å². The van der Waals surface area contributed by atoms with E-state index in [1.54, 1.807) is 23.9 Å². The molecule has 2 aromatic rings. The third-order valence-corrected chi connectivity index (χ3v) is 5.48. The Balaban J connectivity index is 0.00000225. The normalized spacial score (nSPS) is 15.4. The lowest BCUT2D eigenvalue weighted by molar-refractivity contribution is 0.289. The maximum atomic E-state index is 12.3. The van der Waals surface area contributed by atoms with E-state index in [1.165, 1.54) is 18.5 Å². The zero-order valence-corrected chi connectivity index (χ0v) is 15.5. The predicted octanol–water partition coefficient (Wildman–Crippen LogP) is 0.831. The van der Waals surface area contributed by atoms with Crippen molar-refractivity contribution in [3.05, 3.63) is 36.4 Å². The number of nitrogens with one attached hydrogen (secondary N) is 1. The Hall–Kier alpha value is -1.68. The van der Waals surface area contributed by atoms with Crippen LogP contribution < -0.4 is 15.2 Å². The third kappa shape index (κ3) is 5.15. The first kappa shape index (κ1) is 19.6. The fraction of sp³-hybridized carbons (Fsp3) is 0.467. The number of benzene rings is 1. The number of rotatable bonds is 8. The van der Waals surface area contributed by atoms with Crippen molar-refractivity contribution in [3.8, 4) is 5.75 Å². The summed E-state index contributed by atoms with van der Waals surface area (Å²) in [6.07, 6.45) is 3.62. The number of sulfonamides is 1. The van der Waals surface area contributed by atoms with Gasteiger partial charge in [0, 0.05) is 19.6 Å². The van der Waals surface area contributed by atoms with E-state index in [2.05, 4.69) is 14.8 Å². The van der Waals surface area contributed by atoms with Crippen molar-refractivity contribution in [2.24, 2.45) is 18.7 Å². The fourth-order valence-corrected chi connectivity index (χ4v) is 3.37. The highest BCUT2D eigenvalue weighted by atomic mass is 35.5. The molecular formula is C15H22ClN5O3S. The molecule has 10 heteroatoms. The Morgan fingerprint density at radius 2 is 2.04 bits per heavy atom. The lowest BCUT2D eigenvalue weighted by Gasteiger charge is -2.12. The standard InChI is InChI=1S/C15H21N5O3S.ClH/c1-20-15(17-10-18-20)9-23-12-4-6-13(7-5-12)24(21,22)19-8-14(16)11-2-3-11;/h4-7,10-11,14,19H,2-3,8-9,16H2,1H3;1H. The largest absolute Gasteiger partial charge is 0.486 e. The summed E-state index contributed by atoms with van der Waals surface area (Å²) in [7, 11) is -1.78. The van der Waals surface area contributed by atoms with E-state index in [0.29, 0.717) is 17.5 Å². The molecule has 1 aliphatic rings. The zero-order valence-electron chi connectivity index (χ0n) is 13.8. The summed E-state index contributed by atoms with van der Waals surface area (Å²) in [5, 5.41) is 3.95. The van der Waals surface area contributed by atoms with Gasteiger partial charge in [-0.1, -0.05) is 0 Å². The highest BCUT2D eigenvalue weighted by Crippen LogP contribution is 2.31. The molecule has 3 N–H and O–H groups in total. The Morgan fingerprint density at radius 1 is 1.36 bits per heavy atom. The highest BCUT2D eigenvalue weighted by Gasteiger charge is 2.29. The Morgan fingerprint density at radius 3 is 2.60 bits per heavy atom. The molecule has 0 radical (unpaired) electrons. The Bertz CT molecular complexity index is 790. The van der Waals surface area contributed by atoms with Crippen molar-refractivity contribution in [2.45, 2.75) is 30.4 Å². The monoisotopic (exact) mass is 387 g/mol. The Kier molecular flexibility index (Phi) is 6.39. The van der Waals surface area contributed by atoms with E-state index in [4.69, 9.17) is 10.5 Å². The van der Waals surface area contributed by atoms with Gasteiger partial charge in [0.25, 0.3) is 0 Å². The van der Waals surface area contributed by atoms with Crippen molar-refractivity contribution >= 4 is 22.4 Å². The maximum absolute atomic E-state index is 12.3. The van der Waals surface area contributed by atoms with Gasteiger partial charge >= 0.3 is 0 Å². The van der Waals surface area contributed by atoms with Gasteiger partial charge in [-0.05, 0) is 43.0 Å². The zero-order chi connectivity index (χ0) is 17.2. The number of ether oxygens (including phenoxy) is 1. The molecule has 25 heavy (non-hydrogen) atoms. The van der Waals surface area contributed by atoms with E-state index in [1.807, 2.05) is 0 Å². The minimum Gasteiger partial charge on any atom is -0.486 e. The number of aryl methyl sites for hydroxylation is 1. The van der Waals surface area contributed by atoms with Crippen LogP contribution in [0.1, 0.15) is 18.7 Å². The molecule has 138 valence electrons. The molecular weight excluding hydrogens is 366 g/mol. The van der Waals surface area contributed by atoms with E-state index < -0.39 is 10.0 Å².